The third-order valence-electron chi connectivity index (χ3n) is 6.00. The number of likely N-dealkylation sites (tertiary alicyclic amines) is 1. The molecule has 29 heavy (non-hydrogen) atoms. The van der Waals surface area contributed by atoms with Crippen LogP contribution in [0.4, 0.5) is 16.2 Å². The lowest BCUT2D eigenvalue weighted by molar-refractivity contribution is 0.214. The average Bonchev–Trinajstić information content (AvgIpc) is 3.46. The predicted octanol–water partition coefficient (Wildman–Crippen LogP) is 3.85. The number of H-pyrrole nitrogens is 1. The number of carbonyl (C=O) groups excluding carboxylic acids is 1. The summed E-state index contributed by atoms with van der Waals surface area (Å²) in [6.07, 6.45) is 4.80. The van der Waals surface area contributed by atoms with Crippen LogP contribution < -0.4 is 9.80 Å². The fourth-order valence-corrected chi connectivity index (χ4v) is 4.45. The molecular formula is C23H25N5O. The van der Waals surface area contributed by atoms with Gasteiger partial charge in [-0.2, -0.15) is 5.10 Å². The van der Waals surface area contributed by atoms with Crippen molar-refractivity contribution in [2.45, 2.75) is 18.9 Å². The zero-order valence-corrected chi connectivity index (χ0v) is 16.4. The maximum absolute atomic E-state index is 13.4. The lowest BCUT2D eigenvalue weighted by Gasteiger charge is -2.39. The molecule has 0 spiro atoms. The Labute approximate surface area is 170 Å². The molecule has 2 aliphatic heterocycles. The van der Waals surface area contributed by atoms with Crippen molar-refractivity contribution in [2.24, 2.45) is 0 Å². The monoisotopic (exact) mass is 387 g/mol. The highest BCUT2D eigenvalue weighted by atomic mass is 16.2. The predicted molar refractivity (Wildman–Crippen MR) is 114 cm³/mol. The SMILES string of the molecule is O=C(N1CCC(c2cn[nH]c2)C1)N1CCN(Cc2ccccc2)c2ccccc21. The van der Waals surface area contributed by atoms with Crippen molar-refractivity contribution in [3.05, 3.63) is 78.1 Å². The lowest BCUT2D eigenvalue weighted by Crippen LogP contribution is -2.49. The van der Waals surface area contributed by atoms with Crippen LogP contribution in [-0.4, -0.2) is 47.3 Å². The van der Waals surface area contributed by atoms with Gasteiger partial charge in [-0.3, -0.25) is 10.00 Å². The van der Waals surface area contributed by atoms with Crippen molar-refractivity contribution in [1.82, 2.24) is 15.1 Å². The molecule has 2 aliphatic rings. The molecule has 3 aromatic rings. The smallest absolute Gasteiger partial charge is 0.324 e. The van der Waals surface area contributed by atoms with Crippen molar-refractivity contribution >= 4 is 17.4 Å². The second-order valence-electron chi connectivity index (χ2n) is 7.79. The molecule has 6 nitrogen and oxygen atoms in total. The Kier molecular flexibility index (Phi) is 4.68. The first-order valence-electron chi connectivity index (χ1n) is 10.2. The third kappa shape index (κ3) is 3.46. The number of para-hydroxylation sites is 2. The Morgan fingerprint density at radius 2 is 1.79 bits per heavy atom. The number of nitrogens with zero attached hydrogens (tertiary/aromatic N) is 4. The third-order valence-corrected chi connectivity index (χ3v) is 6.00. The highest BCUT2D eigenvalue weighted by Gasteiger charge is 2.34. The van der Waals surface area contributed by atoms with Crippen LogP contribution in [0.1, 0.15) is 23.5 Å². The molecule has 6 heteroatoms. The number of hydrogen-bond donors (Lipinski definition) is 1. The highest BCUT2D eigenvalue weighted by Crippen LogP contribution is 2.35. The first kappa shape index (κ1) is 17.8. The molecule has 1 N–H and O–H groups in total. The summed E-state index contributed by atoms with van der Waals surface area (Å²) in [7, 11) is 0. The Morgan fingerprint density at radius 3 is 2.59 bits per heavy atom. The van der Waals surface area contributed by atoms with E-state index in [4.69, 9.17) is 0 Å². The van der Waals surface area contributed by atoms with Crippen molar-refractivity contribution in [2.75, 3.05) is 36.0 Å². The molecule has 1 atom stereocenters. The van der Waals surface area contributed by atoms with E-state index in [0.29, 0.717) is 12.5 Å². The Bertz CT molecular complexity index is 972. The molecule has 1 saturated heterocycles. The largest absolute Gasteiger partial charge is 0.364 e. The van der Waals surface area contributed by atoms with E-state index in [1.165, 1.54) is 11.1 Å². The number of urea groups is 1. The van der Waals surface area contributed by atoms with E-state index in [1.807, 2.05) is 34.3 Å². The van der Waals surface area contributed by atoms with Gasteiger partial charge in [-0.1, -0.05) is 42.5 Å². The molecule has 2 amide bonds. The maximum atomic E-state index is 13.4. The topological polar surface area (TPSA) is 55.5 Å². The van der Waals surface area contributed by atoms with Gasteiger partial charge in [-0.05, 0) is 29.7 Å². The van der Waals surface area contributed by atoms with E-state index < -0.39 is 0 Å². The maximum Gasteiger partial charge on any atom is 0.324 e. The molecule has 0 saturated carbocycles. The Balaban J connectivity index is 1.34. The molecule has 1 fully saturated rings. The number of aromatic amines is 1. The van der Waals surface area contributed by atoms with Crippen LogP contribution in [0.25, 0.3) is 0 Å². The van der Waals surface area contributed by atoms with Gasteiger partial charge >= 0.3 is 6.03 Å². The fourth-order valence-electron chi connectivity index (χ4n) is 4.45. The number of carbonyl (C=O) groups is 1. The Morgan fingerprint density at radius 1 is 1.00 bits per heavy atom. The van der Waals surface area contributed by atoms with E-state index >= 15 is 0 Å². The van der Waals surface area contributed by atoms with Crippen LogP contribution in [-0.2, 0) is 6.54 Å². The summed E-state index contributed by atoms with van der Waals surface area (Å²) >= 11 is 0. The number of aromatic nitrogens is 2. The summed E-state index contributed by atoms with van der Waals surface area (Å²) in [5.41, 5.74) is 4.60. The van der Waals surface area contributed by atoms with Gasteiger partial charge in [-0.25, -0.2) is 4.79 Å². The minimum Gasteiger partial charge on any atom is -0.364 e. The number of anilines is 2. The molecule has 3 heterocycles. The first-order chi connectivity index (χ1) is 14.3. The summed E-state index contributed by atoms with van der Waals surface area (Å²) in [5, 5.41) is 6.94. The van der Waals surface area contributed by atoms with Crippen LogP contribution >= 0.6 is 0 Å². The minimum atomic E-state index is 0.114. The van der Waals surface area contributed by atoms with Crippen LogP contribution in [0, 0.1) is 0 Å². The lowest BCUT2D eigenvalue weighted by atomic mass is 10.0. The van der Waals surface area contributed by atoms with Gasteiger partial charge in [0.1, 0.15) is 0 Å². The van der Waals surface area contributed by atoms with Gasteiger partial charge in [0.05, 0.1) is 17.6 Å². The molecule has 148 valence electrons. The van der Waals surface area contributed by atoms with Crippen molar-refractivity contribution in [3.63, 3.8) is 0 Å². The second-order valence-corrected chi connectivity index (χ2v) is 7.79. The minimum absolute atomic E-state index is 0.114. The van der Waals surface area contributed by atoms with Gasteiger partial charge < -0.3 is 9.80 Å². The number of benzene rings is 2. The summed E-state index contributed by atoms with van der Waals surface area (Å²) < 4.78 is 0. The van der Waals surface area contributed by atoms with Crippen LogP contribution in [0.15, 0.2) is 67.0 Å². The zero-order valence-electron chi connectivity index (χ0n) is 16.4. The van der Waals surface area contributed by atoms with E-state index in [2.05, 4.69) is 57.6 Å². The van der Waals surface area contributed by atoms with Gasteiger partial charge in [0.2, 0.25) is 0 Å². The average molecular weight is 387 g/mol. The quantitative estimate of drug-likeness (QED) is 0.743. The van der Waals surface area contributed by atoms with Crippen molar-refractivity contribution < 1.29 is 4.79 Å². The zero-order chi connectivity index (χ0) is 19.6. The van der Waals surface area contributed by atoms with Gasteiger partial charge in [0.15, 0.2) is 0 Å². The van der Waals surface area contributed by atoms with E-state index in [-0.39, 0.29) is 6.03 Å². The van der Waals surface area contributed by atoms with Crippen molar-refractivity contribution in [1.29, 1.82) is 0 Å². The second kappa shape index (κ2) is 7.62. The fraction of sp³-hybridized carbons (Fsp3) is 0.304. The summed E-state index contributed by atoms with van der Waals surface area (Å²) in [5.74, 6) is 0.368. The van der Waals surface area contributed by atoms with Gasteiger partial charge in [-0.15, -0.1) is 0 Å². The van der Waals surface area contributed by atoms with Crippen LogP contribution in [0.2, 0.25) is 0 Å². The molecule has 1 unspecified atom stereocenters. The van der Waals surface area contributed by atoms with Crippen molar-refractivity contribution in [3.8, 4) is 0 Å². The molecule has 0 bridgehead atoms. The van der Waals surface area contributed by atoms with Gasteiger partial charge in [0, 0.05) is 44.8 Å². The number of rotatable bonds is 3. The summed E-state index contributed by atoms with van der Waals surface area (Å²) in [6.45, 7) is 3.93. The molecule has 1 aromatic heterocycles. The van der Waals surface area contributed by atoms with E-state index in [0.717, 1.165) is 44.0 Å². The summed E-state index contributed by atoms with van der Waals surface area (Å²) in [4.78, 5) is 19.7. The Hall–Kier alpha value is -3.28. The molecule has 0 radical (unpaired) electrons. The van der Waals surface area contributed by atoms with E-state index in [1.54, 1.807) is 0 Å². The van der Waals surface area contributed by atoms with E-state index in [9.17, 15) is 4.79 Å². The first-order valence-corrected chi connectivity index (χ1v) is 10.2. The standard InChI is InChI=1S/C23H25N5O/c29-23(27-11-10-19(17-27)20-14-24-25-15-20)28-13-12-26(16-18-6-2-1-3-7-18)21-8-4-5-9-22(21)28/h1-9,14-15,19H,10-13,16-17H2,(H,24,25). The number of amides is 2. The highest BCUT2D eigenvalue weighted by molar-refractivity contribution is 5.97. The molecule has 2 aromatic carbocycles. The molecule has 0 aliphatic carbocycles. The van der Waals surface area contributed by atoms with Crippen LogP contribution in [0.5, 0.6) is 0 Å². The number of nitrogens with one attached hydrogen (secondary N) is 1. The van der Waals surface area contributed by atoms with Gasteiger partial charge in [0.25, 0.3) is 0 Å². The summed E-state index contributed by atoms with van der Waals surface area (Å²) in [6, 6.07) is 18.9. The number of hydrogen-bond acceptors (Lipinski definition) is 3. The molecule has 5 rings (SSSR count). The molecular weight excluding hydrogens is 362 g/mol. The van der Waals surface area contributed by atoms with Crippen LogP contribution in [0.3, 0.4) is 0 Å². The normalized spacial score (nSPS) is 18.8. The number of fused-ring (bicyclic) bond motifs is 1.